The SMILES string of the molecule is Cc1ccc(C(=O)NC2CCc3ccccc32)s1. The summed E-state index contributed by atoms with van der Waals surface area (Å²) in [7, 11) is 0. The van der Waals surface area contributed by atoms with Crippen molar-refractivity contribution >= 4 is 17.2 Å². The minimum absolute atomic E-state index is 0.0507. The number of benzene rings is 1. The fraction of sp³-hybridized carbons (Fsp3) is 0.267. The molecular weight excluding hydrogens is 242 g/mol. The van der Waals surface area contributed by atoms with Crippen molar-refractivity contribution < 1.29 is 4.79 Å². The summed E-state index contributed by atoms with van der Waals surface area (Å²) in [6, 6.07) is 12.4. The molecule has 1 amide bonds. The molecule has 0 bridgehead atoms. The summed E-state index contributed by atoms with van der Waals surface area (Å²) in [6.45, 7) is 2.02. The second-order valence-corrected chi connectivity index (χ2v) is 5.96. The molecule has 0 saturated carbocycles. The van der Waals surface area contributed by atoms with E-state index in [1.54, 1.807) is 11.3 Å². The van der Waals surface area contributed by atoms with Crippen LogP contribution in [0, 0.1) is 6.92 Å². The highest BCUT2D eigenvalue weighted by molar-refractivity contribution is 7.13. The molecule has 3 rings (SSSR count). The lowest BCUT2D eigenvalue weighted by molar-refractivity contribution is 0.0941. The Bertz CT molecular complexity index is 588. The number of nitrogens with one attached hydrogen (secondary N) is 1. The molecule has 1 aliphatic carbocycles. The predicted molar refractivity (Wildman–Crippen MR) is 74.0 cm³/mol. The lowest BCUT2D eigenvalue weighted by Crippen LogP contribution is -2.26. The van der Waals surface area contributed by atoms with Gasteiger partial charge < -0.3 is 5.32 Å². The standard InChI is InChI=1S/C15H15NOS/c1-10-6-9-14(18-10)15(17)16-13-8-7-11-4-2-3-5-12(11)13/h2-6,9,13H,7-8H2,1H3,(H,16,17). The Morgan fingerprint density at radius 1 is 1.28 bits per heavy atom. The van der Waals surface area contributed by atoms with E-state index in [2.05, 4.69) is 23.5 Å². The van der Waals surface area contributed by atoms with Crippen molar-refractivity contribution in [3.05, 3.63) is 57.3 Å². The summed E-state index contributed by atoms with van der Waals surface area (Å²) in [6.07, 6.45) is 2.07. The van der Waals surface area contributed by atoms with Crippen molar-refractivity contribution in [3.8, 4) is 0 Å². The van der Waals surface area contributed by atoms with Gasteiger partial charge in [0.15, 0.2) is 0 Å². The third-order valence-corrected chi connectivity index (χ3v) is 4.40. The maximum absolute atomic E-state index is 12.1. The van der Waals surface area contributed by atoms with Gasteiger partial charge >= 0.3 is 0 Å². The molecule has 0 aliphatic heterocycles. The lowest BCUT2D eigenvalue weighted by atomic mass is 10.1. The first-order valence-electron chi connectivity index (χ1n) is 6.19. The van der Waals surface area contributed by atoms with Crippen LogP contribution in [0.25, 0.3) is 0 Å². The van der Waals surface area contributed by atoms with Gasteiger partial charge in [-0.3, -0.25) is 4.79 Å². The van der Waals surface area contributed by atoms with Crippen LogP contribution in [-0.4, -0.2) is 5.91 Å². The number of hydrogen-bond donors (Lipinski definition) is 1. The monoisotopic (exact) mass is 257 g/mol. The maximum atomic E-state index is 12.1. The van der Waals surface area contributed by atoms with E-state index in [9.17, 15) is 4.79 Å². The fourth-order valence-corrected chi connectivity index (χ4v) is 3.26. The topological polar surface area (TPSA) is 29.1 Å². The first kappa shape index (κ1) is 11.5. The van der Waals surface area contributed by atoms with E-state index in [1.807, 2.05) is 25.1 Å². The van der Waals surface area contributed by atoms with Gasteiger partial charge in [0.05, 0.1) is 10.9 Å². The Morgan fingerprint density at radius 3 is 2.89 bits per heavy atom. The van der Waals surface area contributed by atoms with E-state index in [-0.39, 0.29) is 11.9 Å². The summed E-state index contributed by atoms with van der Waals surface area (Å²) < 4.78 is 0. The summed E-state index contributed by atoms with van der Waals surface area (Å²) in [5.74, 6) is 0.0507. The van der Waals surface area contributed by atoms with Crippen LogP contribution in [0.3, 0.4) is 0 Å². The van der Waals surface area contributed by atoms with Crippen LogP contribution < -0.4 is 5.32 Å². The van der Waals surface area contributed by atoms with E-state index in [0.717, 1.165) is 17.7 Å². The molecule has 1 aliphatic rings. The van der Waals surface area contributed by atoms with Gasteiger partial charge in [0.25, 0.3) is 5.91 Å². The van der Waals surface area contributed by atoms with Gasteiger partial charge in [-0.05, 0) is 43.0 Å². The number of thiophene rings is 1. The minimum Gasteiger partial charge on any atom is -0.345 e. The van der Waals surface area contributed by atoms with Crippen molar-refractivity contribution in [2.24, 2.45) is 0 Å². The maximum Gasteiger partial charge on any atom is 0.261 e. The summed E-state index contributed by atoms with van der Waals surface area (Å²) in [5, 5.41) is 3.14. The molecule has 0 spiro atoms. The van der Waals surface area contributed by atoms with E-state index in [1.165, 1.54) is 16.0 Å². The van der Waals surface area contributed by atoms with E-state index in [0.29, 0.717) is 0 Å². The minimum atomic E-state index is 0.0507. The lowest BCUT2D eigenvalue weighted by Gasteiger charge is -2.13. The molecular formula is C15H15NOS. The smallest absolute Gasteiger partial charge is 0.261 e. The van der Waals surface area contributed by atoms with Gasteiger partial charge in [-0.2, -0.15) is 0 Å². The number of carbonyl (C=O) groups excluding carboxylic acids is 1. The number of carbonyl (C=O) groups is 1. The average molecular weight is 257 g/mol. The molecule has 1 aromatic carbocycles. The molecule has 1 aromatic heterocycles. The number of amides is 1. The molecule has 3 heteroatoms. The normalized spacial score (nSPS) is 17.5. The Hall–Kier alpha value is -1.61. The third-order valence-electron chi connectivity index (χ3n) is 3.40. The van der Waals surface area contributed by atoms with Gasteiger partial charge in [-0.15, -0.1) is 11.3 Å². The van der Waals surface area contributed by atoms with Crippen LogP contribution in [0.5, 0.6) is 0 Å². The first-order valence-corrected chi connectivity index (χ1v) is 7.01. The van der Waals surface area contributed by atoms with Crippen LogP contribution in [0.1, 0.15) is 38.1 Å². The number of fused-ring (bicyclic) bond motifs is 1. The highest BCUT2D eigenvalue weighted by Crippen LogP contribution is 2.31. The van der Waals surface area contributed by atoms with Gasteiger partial charge in [0.2, 0.25) is 0 Å². The van der Waals surface area contributed by atoms with Gasteiger partial charge in [-0.1, -0.05) is 24.3 Å². The third kappa shape index (κ3) is 2.06. The fourth-order valence-electron chi connectivity index (χ4n) is 2.49. The Labute approximate surface area is 111 Å². The zero-order chi connectivity index (χ0) is 12.5. The zero-order valence-electron chi connectivity index (χ0n) is 10.3. The van der Waals surface area contributed by atoms with Crippen molar-refractivity contribution in [1.82, 2.24) is 5.32 Å². The zero-order valence-corrected chi connectivity index (χ0v) is 11.1. The molecule has 1 N–H and O–H groups in total. The second-order valence-electron chi connectivity index (χ2n) is 4.67. The highest BCUT2D eigenvalue weighted by atomic mass is 32.1. The second kappa shape index (κ2) is 4.58. The Kier molecular flexibility index (Phi) is 2.92. The molecule has 0 fully saturated rings. The summed E-state index contributed by atoms with van der Waals surface area (Å²) in [4.78, 5) is 14.1. The van der Waals surface area contributed by atoms with E-state index >= 15 is 0 Å². The molecule has 1 unspecified atom stereocenters. The molecule has 92 valence electrons. The Morgan fingerprint density at radius 2 is 2.11 bits per heavy atom. The number of rotatable bonds is 2. The van der Waals surface area contributed by atoms with Crippen molar-refractivity contribution in [2.45, 2.75) is 25.8 Å². The predicted octanol–water partition coefficient (Wildman–Crippen LogP) is 3.47. The molecule has 18 heavy (non-hydrogen) atoms. The van der Waals surface area contributed by atoms with Crippen molar-refractivity contribution in [2.75, 3.05) is 0 Å². The number of aryl methyl sites for hydroxylation is 2. The van der Waals surface area contributed by atoms with Crippen LogP contribution in [0.15, 0.2) is 36.4 Å². The molecule has 2 nitrogen and oxygen atoms in total. The molecule has 1 heterocycles. The highest BCUT2D eigenvalue weighted by Gasteiger charge is 2.24. The molecule has 1 atom stereocenters. The first-order chi connectivity index (χ1) is 8.74. The Balaban J connectivity index is 1.77. The van der Waals surface area contributed by atoms with Gasteiger partial charge in [0, 0.05) is 4.88 Å². The summed E-state index contributed by atoms with van der Waals surface area (Å²) in [5.41, 5.74) is 2.64. The molecule has 2 aromatic rings. The van der Waals surface area contributed by atoms with Crippen molar-refractivity contribution in [1.29, 1.82) is 0 Å². The van der Waals surface area contributed by atoms with Gasteiger partial charge in [0.1, 0.15) is 0 Å². The van der Waals surface area contributed by atoms with E-state index < -0.39 is 0 Å². The largest absolute Gasteiger partial charge is 0.345 e. The van der Waals surface area contributed by atoms with Crippen LogP contribution in [-0.2, 0) is 6.42 Å². The van der Waals surface area contributed by atoms with Crippen molar-refractivity contribution in [3.63, 3.8) is 0 Å². The average Bonchev–Trinajstić information content (AvgIpc) is 2.97. The van der Waals surface area contributed by atoms with Crippen LogP contribution in [0.2, 0.25) is 0 Å². The number of hydrogen-bond acceptors (Lipinski definition) is 2. The van der Waals surface area contributed by atoms with E-state index in [4.69, 9.17) is 0 Å². The quantitative estimate of drug-likeness (QED) is 0.877. The van der Waals surface area contributed by atoms with Gasteiger partial charge in [-0.25, -0.2) is 0 Å². The van der Waals surface area contributed by atoms with Crippen LogP contribution in [0.4, 0.5) is 0 Å². The summed E-state index contributed by atoms with van der Waals surface area (Å²) >= 11 is 1.55. The molecule has 0 saturated heterocycles. The van der Waals surface area contributed by atoms with Crippen LogP contribution >= 0.6 is 11.3 Å². The molecule has 0 radical (unpaired) electrons.